The van der Waals surface area contributed by atoms with Gasteiger partial charge in [-0.05, 0) is 42.7 Å². The molecule has 0 fully saturated rings. The maximum atomic E-state index is 8.36. The summed E-state index contributed by atoms with van der Waals surface area (Å²) in [5.74, 6) is 1.90. The third-order valence-corrected chi connectivity index (χ3v) is 5.81. The van der Waals surface area contributed by atoms with E-state index in [1.165, 1.54) is 5.56 Å². The summed E-state index contributed by atoms with van der Waals surface area (Å²) in [6, 6.07) is 16.3. The van der Waals surface area contributed by atoms with Gasteiger partial charge in [-0.3, -0.25) is 0 Å². The normalized spacial score (nSPS) is 11.2. The molecular formula is C20H22ClN3O4S. The van der Waals surface area contributed by atoms with E-state index in [-0.39, 0.29) is 0 Å². The number of aromatic amines is 1. The van der Waals surface area contributed by atoms with Crippen LogP contribution in [0.2, 0.25) is 5.02 Å². The number of ether oxygens (including phenoxy) is 1. The Bertz CT molecular complexity index is 872. The molecule has 0 spiro atoms. The van der Waals surface area contributed by atoms with Gasteiger partial charge in [-0.2, -0.15) is 0 Å². The molecule has 0 amide bonds. The van der Waals surface area contributed by atoms with Gasteiger partial charge in [0.25, 0.3) is 5.09 Å². The lowest BCUT2D eigenvalue weighted by Crippen LogP contribution is -2.10. The van der Waals surface area contributed by atoms with E-state index in [2.05, 4.69) is 28.2 Å². The number of methoxy groups -OCH3 is 1. The van der Waals surface area contributed by atoms with Crippen molar-refractivity contribution in [3.63, 3.8) is 0 Å². The number of thioether (sulfide) groups is 1. The smallest absolute Gasteiger partial charge is 0.291 e. The lowest BCUT2D eigenvalue weighted by Gasteiger charge is -2.16. The van der Waals surface area contributed by atoms with Crippen LogP contribution in [0.5, 0.6) is 5.75 Å². The van der Waals surface area contributed by atoms with E-state index < -0.39 is 5.09 Å². The molecule has 2 N–H and O–H groups in total. The Balaban J connectivity index is 0.000000687. The Hall–Kier alpha value is -2.71. The molecule has 9 heteroatoms. The molecular weight excluding hydrogens is 414 g/mol. The van der Waals surface area contributed by atoms with E-state index in [0.29, 0.717) is 5.25 Å². The topological polar surface area (TPSA) is 101 Å². The van der Waals surface area contributed by atoms with Crippen molar-refractivity contribution in [1.29, 1.82) is 0 Å². The predicted molar refractivity (Wildman–Crippen MR) is 113 cm³/mol. The minimum Gasteiger partial charge on any atom is -0.497 e. The number of aromatic nitrogens is 2. The van der Waals surface area contributed by atoms with Gasteiger partial charge in [0.2, 0.25) is 0 Å². The zero-order valence-electron chi connectivity index (χ0n) is 15.8. The van der Waals surface area contributed by atoms with E-state index >= 15 is 0 Å². The van der Waals surface area contributed by atoms with E-state index in [0.717, 1.165) is 40.8 Å². The number of benzene rings is 2. The molecule has 1 heterocycles. The van der Waals surface area contributed by atoms with Crippen LogP contribution >= 0.6 is 23.4 Å². The molecule has 3 rings (SSSR count). The summed E-state index contributed by atoms with van der Waals surface area (Å²) in [5, 5.41) is 14.8. The summed E-state index contributed by atoms with van der Waals surface area (Å²) in [6.07, 6.45) is 6.61. The summed E-state index contributed by atoms with van der Waals surface area (Å²) in [4.78, 5) is 17.1. The van der Waals surface area contributed by atoms with Gasteiger partial charge < -0.3 is 14.9 Å². The summed E-state index contributed by atoms with van der Waals surface area (Å²) in [6.45, 7) is 0. The second-order valence-corrected chi connectivity index (χ2v) is 7.78. The van der Waals surface area contributed by atoms with Gasteiger partial charge in [-0.25, -0.2) is 4.98 Å². The minimum absolute atomic E-state index is 0.396. The number of rotatable bonds is 8. The molecule has 2 aromatic carbocycles. The van der Waals surface area contributed by atoms with Gasteiger partial charge in [-0.1, -0.05) is 35.9 Å². The van der Waals surface area contributed by atoms with Crippen molar-refractivity contribution in [3.8, 4) is 5.75 Å². The Morgan fingerprint density at radius 1 is 1.28 bits per heavy atom. The Morgan fingerprint density at radius 2 is 1.97 bits per heavy atom. The van der Waals surface area contributed by atoms with Crippen molar-refractivity contribution in [2.24, 2.45) is 0 Å². The third kappa shape index (κ3) is 8.45. The highest BCUT2D eigenvalue weighted by atomic mass is 35.5. The first-order valence-electron chi connectivity index (χ1n) is 8.83. The first-order valence-corrected chi connectivity index (χ1v) is 10.1. The summed E-state index contributed by atoms with van der Waals surface area (Å²) in [5.41, 5.74) is 1.31. The van der Waals surface area contributed by atoms with Crippen molar-refractivity contribution in [2.45, 2.75) is 29.4 Å². The lowest BCUT2D eigenvalue weighted by atomic mass is 10.1. The number of hydrogen-bond acceptors (Lipinski definition) is 5. The number of halogens is 1. The van der Waals surface area contributed by atoms with Gasteiger partial charge >= 0.3 is 0 Å². The predicted octanol–water partition coefficient (Wildman–Crippen LogP) is 5.06. The number of nitrogens with zero attached hydrogens (tertiary/aromatic N) is 2. The molecule has 0 radical (unpaired) electrons. The number of nitrogens with one attached hydrogen (secondary N) is 1. The van der Waals surface area contributed by atoms with Crippen LogP contribution < -0.4 is 4.74 Å². The number of H-pyrrole nitrogens is 1. The van der Waals surface area contributed by atoms with Crippen molar-refractivity contribution in [1.82, 2.24) is 9.97 Å². The van der Waals surface area contributed by atoms with Crippen LogP contribution in [0.4, 0.5) is 0 Å². The van der Waals surface area contributed by atoms with E-state index in [9.17, 15) is 0 Å². The third-order valence-electron chi connectivity index (χ3n) is 4.02. The van der Waals surface area contributed by atoms with Crippen LogP contribution in [0.15, 0.2) is 65.8 Å². The molecule has 3 aromatic rings. The SMILES string of the molecule is COc1ccc(CCC(Cc2ncc[nH]2)Sc2ccccc2Cl)cc1.O=[N+]([O-])O. The molecule has 1 atom stereocenters. The molecule has 7 nitrogen and oxygen atoms in total. The van der Waals surface area contributed by atoms with Crippen LogP contribution in [0.1, 0.15) is 17.8 Å². The number of hydrogen-bond donors (Lipinski definition) is 2. The van der Waals surface area contributed by atoms with Gasteiger partial charge in [0, 0.05) is 29.0 Å². The highest BCUT2D eigenvalue weighted by Gasteiger charge is 2.15. The van der Waals surface area contributed by atoms with Gasteiger partial charge in [0.05, 0.1) is 12.1 Å². The first kappa shape index (κ1) is 22.6. The van der Waals surface area contributed by atoms with Crippen molar-refractivity contribution in [3.05, 3.63) is 87.4 Å². The average Bonchev–Trinajstić information content (AvgIpc) is 3.21. The van der Waals surface area contributed by atoms with E-state index in [1.807, 2.05) is 48.3 Å². The van der Waals surface area contributed by atoms with Crippen molar-refractivity contribution in [2.75, 3.05) is 7.11 Å². The second kappa shape index (κ2) is 12.0. The monoisotopic (exact) mass is 435 g/mol. The molecule has 0 aliphatic carbocycles. The zero-order valence-corrected chi connectivity index (χ0v) is 17.4. The van der Waals surface area contributed by atoms with Gasteiger partial charge in [0.15, 0.2) is 0 Å². The second-order valence-electron chi connectivity index (χ2n) is 6.03. The van der Waals surface area contributed by atoms with Crippen molar-refractivity contribution >= 4 is 23.4 Å². The van der Waals surface area contributed by atoms with Gasteiger partial charge in [-0.15, -0.1) is 21.9 Å². The van der Waals surface area contributed by atoms with Crippen LogP contribution in [0.3, 0.4) is 0 Å². The largest absolute Gasteiger partial charge is 0.497 e. The standard InChI is InChI=1S/C20H21ClN2OS.HNO3/c1-24-16-9-6-15(7-10-16)8-11-17(14-20-22-12-13-23-20)25-19-5-3-2-4-18(19)21;2-1(3)4/h2-7,9-10,12-13,17H,8,11,14H2,1H3,(H,22,23);(H,2,3,4). The fourth-order valence-corrected chi connectivity index (χ4v) is 4.11. The van der Waals surface area contributed by atoms with Crippen LogP contribution in [0.25, 0.3) is 0 Å². The quantitative estimate of drug-likeness (QED) is 0.291. The lowest BCUT2D eigenvalue weighted by molar-refractivity contribution is -0.742. The average molecular weight is 436 g/mol. The molecule has 0 saturated carbocycles. The fraction of sp³-hybridized carbons (Fsp3) is 0.250. The molecule has 0 aliphatic heterocycles. The highest BCUT2D eigenvalue weighted by Crippen LogP contribution is 2.33. The Labute approximate surface area is 178 Å². The van der Waals surface area contributed by atoms with Crippen LogP contribution in [-0.4, -0.2) is 32.6 Å². The Kier molecular flexibility index (Phi) is 9.33. The summed E-state index contributed by atoms with van der Waals surface area (Å²) in [7, 11) is 1.69. The summed E-state index contributed by atoms with van der Waals surface area (Å²) < 4.78 is 5.23. The zero-order chi connectivity index (χ0) is 21.1. The van der Waals surface area contributed by atoms with Crippen molar-refractivity contribution < 1.29 is 15.0 Å². The summed E-state index contributed by atoms with van der Waals surface area (Å²) >= 11 is 8.17. The molecule has 1 unspecified atom stereocenters. The Morgan fingerprint density at radius 3 is 2.55 bits per heavy atom. The molecule has 0 aliphatic rings. The van der Waals surface area contributed by atoms with E-state index in [4.69, 9.17) is 31.7 Å². The molecule has 1 aromatic heterocycles. The van der Waals surface area contributed by atoms with E-state index in [1.54, 1.807) is 13.3 Å². The molecule has 154 valence electrons. The number of aryl methyl sites for hydroxylation is 1. The molecule has 29 heavy (non-hydrogen) atoms. The van der Waals surface area contributed by atoms with Crippen LogP contribution in [-0.2, 0) is 12.8 Å². The fourth-order valence-electron chi connectivity index (χ4n) is 2.67. The minimum atomic E-state index is -1.50. The molecule has 0 saturated heterocycles. The maximum absolute atomic E-state index is 8.36. The number of imidazole rings is 1. The maximum Gasteiger partial charge on any atom is 0.291 e. The van der Waals surface area contributed by atoms with Crippen LogP contribution in [0, 0.1) is 10.1 Å². The first-order chi connectivity index (χ1) is 14.0. The molecule has 0 bridgehead atoms. The highest BCUT2D eigenvalue weighted by molar-refractivity contribution is 8.00. The van der Waals surface area contributed by atoms with Gasteiger partial charge in [0.1, 0.15) is 11.6 Å².